The Morgan fingerprint density at radius 1 is 0.775 bits per heavy atom. The third-order valence-electron chi connectivity index (χ3n) is 14.3. The Labute approximate surface area is 550 Å². The fraction of sp³-hybridized carbons (Fsp3) is 0.242. The third kappa shape index (κ3) is 15.7. The first-order chi connectivity index (χ1) is 43.1. The van der Waals surface area contributed by atoms with E-state index in [0.717, 1.165) is 27.6 Å². The Hall–Kier alpha value is -7.58. The van der Waals surface area contributed by atoms with E-state index in [9.17, 15) is 9.59 Å². The summed E-state index contributed by atoms with van der Waals surface area (Å²) in [6.07, 6.45) is 5.78. The number of anilines is 1. The maximum Gasteiger partial charge on any atom is 0.355 e. The Balaban J connectivity index is 0.00000941. The molecule has 2 aliphatic rings. The van der Waals surface area contributed by atoms with Gasteiger partial charge in [-0.2, -0.15) is 4.57 Å². The van der Waals surface area contributed by atoms with Crippen LogP contribution in [0.3, 0.4) is 0 Å². The number of oxime groups is 1. The summed E-state index contributed by atoms with van der Waals surface area (Å²) in [6, 6.07) is 49.6. The van der Waals surface area contributed by atoms with Gasteiger partial charge < -0.3 is 77.3 Å². The van der Waals surface area contributed by atoms with Crippen LogP contribution in [0.4, 0.5) is 5.13 Å². The second kappa shape index (κ2) is 32.2. The van der Waals surface area contributed by atoms with Crippen molar-refractivity contribution in [3.05, 3.63) is 236 Å². The molecule has 23 heteroatoms. The van der Waals surface area contributed by atoms with E-state index in [2.05, 4.69) is 20.4 Å². The lowest BCUT2D eigenvalue weighted by Crippen LogP contribution is -3.00. The molecule has 18 nitrogen and oxygen atoms in total. The van der Waals surface area contributed by atoms with E-state index in [4.69, 9.17) is 70.9 Å². The van der Waals surface area contributed by atoms with Gasteiger partial charge in [0.2, 0.25) is 5.52 Å². The van der Waals surface area contributed by atoms with Crippen molar-refractivity contribution in [1.29, 1.82) is 0 Å². The Morgan fingerprint density at radius 2 is 1.39 bits per heavy atom. The number of thiazole rings is 1. The molecule has 0 spiro atoms. The first kappa shape index (κ1) is 65.9. The molecule has 4 heterocycles. The van der Waals surface area contributed by atoms with Gasteiger partial charge in [-0.25, -0.2) is 9.78 Å². The van der Waals surface area contributed by atoms with Gasteiger partial charge in [0, 0.05) is 48.4 Å². The predicted molar refractivity (Wildman–Crippen MR) is 338 cm³/mol. The quantitative estimate of drug-likeness (QED) is 0.00509. The Bertz CT molecular complexity index is 3690. The van der Waals surface area contributed by atoms with Gasteiger partial charge in [-0.05, 0) is 64.2 Å². The fourth-order valence-corrected chi connectivity index (χ4v) is 12.5. The lowest BCUT2D eigenvalue weighted by Gasteiger charge is -2.49. The molecule has 89 heavy (non-hydrogen) atoms. The molecule has 462 valence electrons. The number of pyridine rings is 1. The van der Waals surface area contributed by atoms with Crippen LogP contribution in [-0.4, -0.2) is 112 Å². The minimum Gasteiger partial charge on any atom is -1.00 e. The first-order valence-corrected chi connectivity index (χ1v) is 30.6. The molecule has 10 rings (SSSR count). The van der Waals surface area contributed by atoms with Crippen LogP contribution in [-0.2, 0) is 68.2 Å². The zero-order valence-corrected chi connectivity index (χ0v) is 54.0. The minimum atomic E-state index is -1.12. The fourth-order valence-electron chi connectivity index (χ4n) is 9.96. The van der Waals surface area contributed by atoms with Crippen LogP contribution in [0.2, 0.25) is 10.0 Å². The van der Waals surface area contributed by atoms with Crippen LogP contribution in [0.1, 0.15) is 33.5 Å². The molecule has 2 aliphatic heterocycles. The largest absolute Gasteiger partial charge is 1.00 e. The number of esters is 1. The number of β-lactam (4-membered cyclic amide) rings is 1. The molecule has 1 saturated heterocycles. The molecule has 0 bridgehead atoms. The van der Waals surface area contributed by atoms with Crippen molar-refractivity contribution < 1.29 is 85.7 Å². The van der Waals surface area contributed by atoms with E-state index in [1.165, 1.54) is 34.1 Å². The molecule has 0 aliphatic carbocycles. The van der Waals surface area contributed by atoms with E-state index in [1.54, 1.807) is 51.0 Å². The zero-order chi connectivity index (χ0) is 61.2. The standard InChI is InChI=1S/C66H62Cl2N6O12S2.HI/c1-78-33-35-81-42-84-59-52(67)37-47(55(68)60(59)85-43-82-36-34-79-2)39-86-72-56(53-41-88-65(69-53)71-66(48-20-7-4-8-21-48,49-22-9-5-10-23-49)50-24-11-6-12-25-50)61(75)70-57-62(76)74-58(64(77)83-38-44-27-29-51(80-3)30-28-44)46(40-87-63(57)74)19-16-32-73-31-15-18-45-17-13-14-26-54(45)73;/h4-31,37,41,57,63H,32-36,38-40,42-43H2,1-3H3,(H-,69,70,71,75);1H. The molecular formula is C66H63Cl2IN6O12S2. The number of nitrogens with zero attached hydrogens (tertiary/aromatic N) is 4. The number of rotatable bonds is 30. The van der Waals surface area contributed by atoms with Crippen LogP contribution in [0.5, 0.6) is 17.2 Å². The second-order valence-electron chi connectivity index (χ2n) is 19.8. The van der Waals surface area contributed by atoms with Crippen LogP contribution in [0.25, 0.3) is 10.9 Å². The molecule has 0 saturated carbocycles. The molecule has 0 radical (unpaired) electrons. The van der Waals surface area contributed by atoms with Crippen molar-refractivity contribution in [3.8, 4) is 17.2 Å². The summed E-state index contributed by atoms with van der Waals surface area (Å²) in [6.45, 7) is 0.752. The van der Waals surface area contributed by atoms with Gasteiger partial charge in [0.25, 0.3) is 11.8 Å². The number of hydrogen-bond acceptors (Lipinski definition) is 17. The van der Waals surface area contributed by atoms with E-state index >= 15 is 4.79 Å². The first-order valence-electron chi connectivity index (χ1n) is 27.9. The molecule has 2 atom stereocenters. The summed E-state index contributed by atoms with van der Waals surface area (Å²) in [5.74, 6) is -0.959. The van der Waals surface area contributed by atoms with Crippen LogP contribution in [0, 0.1) is 0 Å². The van der Waals surface area contributed by atoms with Crippen molar-refractivity contribution in [2.75, 3.05) is 72.4 Å². The Morgan fingerprint density at radius 3 is 2.03 bits per heavy atom. The smallest absolute Gasteiger partial charge is 0.355 e. The number of amides is 2. The Kier molecular flexibility index (Phi) is 23.9. The average molecular weight is 1390 g/mol. The molecule has 2 unspecified atom stereocenters. The SMILES string of the molecule is COCCOCOc1c(Cl)cc(CON=C(C(=O)NC2C(=O)N3C(C(=O)OCc4ccc(OC)cc4)=C(C=CC[n+]4cccc5ccccc54)CSC23)c2csc(NC(c3ccccc3)(c3ccccc3)c3ccccc3)n2)c(Cl)c1OCOCCOC.[I-]. The van der Waals surface area contributed by atoms with E-state index < -0.39 is 34.7 Å². The summed E-state index contributed by atoms with van der Waals surface area (Å²) in [4.78, 5) is 56.7. The zero-order valence-electron chi connectivity index (χ0n) is 48.7. The van der Waals surface area contributed by atoms with Crippen molar-refractivity contribution in [2.24, 2.45) is 5.16 Å². The van der Waals surface area contributed by atoms with Crippen molar-refractivity contribution in [3.63, 3.8) is 0 Å². The summed E-state index contributed by atoms with van der Waals surface area (Å²) in [5.41, 5.74) is 4.34. The molecule has 1 fully saturated rings. The van der Waals surface area contributed by atoms with E-state index in [1.807, 2.05) is 146 Å². The van der Waals surface area contributed by atoms with Crippen molar-refractivity contribution >= 4 is 85.8 Å². The van der Waals surface area contributed by atoms with Gasteiger partial charge in [0.1, 0.15) is 47.3 Å². The van der Waals surface area contributed by atoms with Crippen molar-refractivity contribution in [1.82, 2.24) is 15.2 Å². The van der Waals surface area contributed by atoms with Gasteiger partial charge in [-0.1, -0.05) is 150 Å². The predicted octanol–water partition coefficient (Wildman–Crippen LogP) is 7.88. The maximum absolute atomic E-state index is 15.1. The number of para-hydroxylation sites is 1. The number of hydrogen-bond donors (Lipinski definition) is 2. The van der Waals surface area contributed by atoms with Crippen LogP contribution in [0.15, 0.2) is 198 Å². The number of nitrogens with one attached hydrogen (secondary N) is 2. The number of thioether (sulfide) groups is 1. The van der Waals surface area contributed by atoms with Crippen LogP contribution < -0.4 is 53.4 Å². The summed E-state index contributed by atoms with van der Waals surface area (Å²) in [7, 11) is 4.68. The highest BCUT2D eigenvalue weighted by Crippen LogP contribution is 2.45. The molecule has 6 aromatic carbocycles. The molecule has 8 aromatic rings. The van der Waals surface area contributed by atoms with Crippen molar-refractivity contribution in [2.45, 2.75) is 36.7 Å². The van der Waals surface area contributed by atoms with Gasteiger partial charge >= 0.3 is 5.97 Å². The monoisotopic (exact) mass is 1390 g/mol. The number of ether oxygens (including phenoxy) is 8. The van der Waals surface area contributed by atoms with Gasteiger partial charge in [0.05, 0.1) is 43.6 Å². The normalized spacial score (nSPS) is 14.8. The molecule has 2 aromatic heterocycles. The molecule has 2 amide bonds. The number of halogens is 3. The third-order valence-corrected chi connectivity index (χ3v) is 17.1. The number of fused-ring (bicyclic) bond motifs is 2. The highest BCUT2D eigenvalue weighted by molar-refractivity contribution is 8.00. The van der Waals surface area contributed by atoms with Crippen LogP contribution >= 0.6 is 46.3 Å². The minimum absolute atomic E-state index is 0. The summed E-state index contributed by atoms with van der Waals surface area (Å²) in [5, 5.41) is 13.7. The second-order valence-corrected chi connectivity index (χ2v) is 22.6. The molecule has 2 N–H and O–H groups in total. The molecular weight excluding hydrogens is 1330 g/mol. The van der Waals surface area contributed by atoms with E-state index in [-0.39, 0.29) is 103 Å². The summed E-state index contributed by atoms with van der Waals surface area (Å²) >= 11 is 16.5. The highest BCUT2D eigenvalue weighted by atomic mass is 127. The average Bonchev–Trinajstić information content (AvgIpc) is 1.44. The highest BCUT2D eigenvalue weighted by Gasteiger charge is 2.54. The van der Waals surface area contributed by atoms with Gasteiger partial charge in [-0.15, -0.1) is 23.1 Å². The van der Waals surface area contributed by atoms with E-state index in [0.29, 0.717) is 53.1 Å². The number of carbonyl (C=O) groups is 3. The number of aromatic nitrogens is 2. The summed E-state index contributed by atoms with van der Waals surface area (Å²) < 4.78 is 46.5. The lowest BCUT2D eigenvalue weighted by atomic mass is 9.77. The lowest BCUT2D eigenvalue weighted by molar-refractivity contribution is -0.661. The number of methoxy groups -OCH3 is 3. The number of allylic oxidation sites excluding steroid dienone is 2. The van der Waals surface area contributed by atoms with Gasteiger partial charge in [-0.3, -0.25) is 14.5 Å². The van der Waals surface area contributed by atoms with Gasteiger partial charge in [0.15, 0.2) is 48.7 Å². The number of benzene rings is 6. The number of carbonyl (C=O) groups excluding carboxylic acids is 3. The topological polar surface area (TPSA) is 191 Å². The maximum atomic E-state index is 15.1.